The van der Waals surface area contributed by atoms with Crippen LogP contribution in [0, 0.1) is 5.92 Å². The molecule has 2 N–H and O–H groups in total. The largest absolute Gasteiger partial charge is 0.480 e. The first-order chi connectivity index (χ1) is 9.99. The maximum Gasteiger partial charge on any atom is 0.407 e. The van der Waals surface area contributed by atoms with Crippen LogP contribution in [0.5, 0.6) is 0 Å². The summed E-state index contributed by atoms with van der Waals surface area (Å²) in [6.07, 6.45) is -0.107. The van der Waals surface area contributed by atoms with Crippen molar-refractivity contribution < 1.29 is 24.2 Å². The van der Waals surface area contributed by atoms with Gasteiger partial charge in [-0.25, -0.2) is 9.59 Å². The third kappa shape index (κ3) is 5.54. The van der Waals surface area contributed by atoms with Gasteiger partial charge in [0.05, 0.1) is 6.04 Å². The molecule has 0 aromatic heterocycles. The molecular weight excluding hydrogens is 288 g/mol. The Balaban J connectivity index is 2.66. The summed E-state index contributed by atoms with van der Waals surface area (Å²) in [7, 11) is 0. The van der Waals surface area contributed by atoms with E-state index < -0.39 is 29.7 Å². The van der Waals surface area contributed by atoms with Gasteiger partial charge in [0.2, 0.25) is 5.91 Å². The van der Waals surface area contributed by atoms with E-state index in [9.17, 15) is 19.5 Å². The van der Waals surface area contributed by atoms with Gasteiger partial charge in [0.1, 0.15) is 11.6 Å². The number of carbonyl (C=O) groups is 3. The summed E-state index contributed by atoms with van der Waals surface area (Å²) in [5.41, 5.74) is -0.617. The van der Waals surface area contributed by atoms with Crippen molar-refractivity contribution in [2.45, 2.75) is 65.1 Å². The molecule has 0 aliphatic carbocycles. The lowest BCUT2D eigenvalue weighted by Gasteiger charge is -2.26. The summed E-state index contributed by atoms with van der Waals surface area (Å²) < 4.78 is 5.15. The van der Waals surface area contributed by atoms with Gasteiger partial charge in [-0.05, 0) is 33.1 Å². The molecule has 0 aromatic rings. The van der Waals surface area contributed by atoms with Crippen molar-refractivity contribution in [3.05, 3.63) is 0 Å². The maximum atomic E-state index is 12.0. The van der Waals surface area contributed by atoms with Crippen LogP contribution in [0.4, 0.5) is 4.79 Å². The lowest BCUT2D eigenvalue weighted by atomic mass is 10.0. The van der Waals surface area contributed by atoms with E-state index in [1.807, 2.05) is 13.8 Å². The average Bonchev–Trinajstić information content (AvgIpc) is 2.63. The van der Waals surface area contributed by atoms with Crippen molar-refractivity contribution in [2.75, 3.05) is 6.54 Å². The quantitative estimate of drug-likeness (QED) is 0.803. The second-order valence-corrected chi connectivity index (χ2v) is 7.08. The fourth-order valence-corrected chi connectivity index (χ4v) is 2.41. The topological polar surface area (TPSA) is 95.9 Å². The fraction of sp³-hybridized carbons (Fsp3) is 0.800. The Morgan fingerprint density at radius 2 is 2.00 bits per heavy atom. The highest BCUT2D eigenvalue weighted by molar-refractivity contribution is 5.86. The van der Waals surface area contributed by atoms with Gasteiger partial charge < -0.3 is 20.1 Å². The van der Waals surface area contributed by atoms with Gasteiger partial charge in [0, 0.05) is 13.0 Å². The Morgan fingerprint density at radius 1 is 1.41 bits per heavy atom. The normalized spacial score (nSPS) is 20.2. The van der Waals surface area contributed by atoms with Crippen molar-refractivity contribution in [1.29, 1.82) is 0 Å². The second kappa shape index (κ2) is 6.98. The molecular formula is C15H26N2O5. The van der Waals surface area contributed by atoms with Gasteiger partial charge in [-0.1, -0.05) is 13.8 Å². The molecule has 2 unspecified atom stereocenters. The van der Waals surface area contributed by atoms with Gasteiger partial charge >= 0.3 is 12.1 Å². The van der Waals surface area contributed by atoms with Crippen LogP contribution >= 0.6 is 0 Å². The third-order valence-corrected chi connectivity index (χ3v) is 3.24. The summed E-state index contributed by atoms with van der Waals surface area (Å²) >= 11 is 0. The van der Waals surface area contributed by atoms with E-state index in [1.165, 1.54) is 4.90 Å². The van der Waals surface area contributed by atoms with Crippen molar-refractivity contribution in [3.63, 3.8) is 0 Å². The minimum absolute atomic E-state index is 0.0983. The Labute approximate surface area is 131 Å². The first-order valence-corrected chi connectivity index (χ1v) is 7.51. The molecule has 1 rings (SSSR count). The summed E-state index contributed by atoms with van der Waals surface area (Å²) in [6, 6.07) is -1.27. The smallest absolute Gasteiger partial charge is 0.407 e. The average molecular weight is 314 g/mol. The molecule has 2 atom stereocenters. The number of nitrogens with one attached hydrogen (secondary N) is 1. The van der Waals surface area contributed by atoms with Crippen molar-refractivity contribution in [2.24, 2.45) is 5.92 Å². The predicted octanol–water partition coefficient (Wildman–Crippen LogP) is 1.61. The molecule has 1 heterocycles. The summed E-state index contributed by atoms with van der Waals surface area (Å²) in [6.45, 7) is 9.27. The molecule has 126 valence electrons. The molecule has 2 amide bonds. The van der Waals surface area contributed by atoms with Crippen molar-refractivity contribution >= 4 is 18.0 Å². The number of nitrogens with zero attached hydrogens (tertiary/aromatic N) is 1. The Hall–Kier alpha value is -1.79. The molecule has 7 heteroatoms. The molecule has 0 bridgehead atoms. The minimum atomic E-state index is -1.01. The Bertz CT molecular complexity index is 442. The molecule has 0 aromatic carbocycles. The van der Waals surface area contributed by atoms with E-state index >= 15 is 0 Å². The van der Waals surface area contributed by atoms with Crippen LogP contribution in [-0.4, -0.2) is 52.2 Å². The number of alkyl carbamates (subject to hydrolysis) is 1. The molecule has 0 spiro atoms. The van der Waals surface area contributed by atoms with Crippen LogP contribution in [0.25, 0.3) is 0 Å². The van der Waals surface area contributed by atoms with Gasteiger partial charge in [0.15, 0.2) is 0 Å². The number of carbonyl (C=O) groups excluding carboxylic acids is 2. The first kappa shape index (κ1) is 18.3. The van der Waals surface area contributed by atoms with Gasteiger partial charge in [0.25, 0.3) is 0 Å². The third-order valence-electron chi connectivity index (χ3n) is 3.24. The zero-order valence-corrected chi connectivity index (χ0v) is 13.9. The number of carboxylic acid groups (broad SMARTS) is 1. The molecule has 0 radical (unpaired) electrons. The number of rotatable bonds is 5. The zero-order chi connectivity index (χ0) is 17.1. The van der Waals surface area contributed by atoms with Crippen LogP contribution in [-0.2, 0) is 14.3 Å². The highest BCUT2D eigenvalue weighted by Gasteiger charge is 2.38. The predicted molar refractivity (Wildman–Crippen MR) is 80.4 cm³/mol. The van der Waals surface area contributed by atoms with Crippen LogP contribution in [0.15, 0.2) is 0 Å². The zero-order valence-electron chi connectivity index (χ0n) is 13.9. The summed E-state index contributed by atoms with van der Waals surface area (Å²) in [5.74, 6) is -1.11. The molecule has 1 saturated heterocycles. The standard InChI is InChI=1S/C15H26N2O5/c1-9(2)6-11(13(19)20)17-8-10(7-12(17)18)16-14(21)22-15(3,4)5/h9-11H,6-8H2,1-5H3,(H,16,21)(H,19,20). The first-order valence-electron chi connectivity index (χ1n) is 7.51. The highest BCUT2D eigenvalue weighted by atomic mass is 16.6. The lowest BCUT2D eigenvalue weighted by Crippen LogP contribution is -2.45. The summed E-state index contributed by atoms with van der Waals surface area (Å²) in [5, 5.41) is 11.9. The molecule has 0 saturated carbocycles. The summed E-state index contributed by atoms with van der Waals surface area (Å²) in [4.78, 5) is 36.5. The number of likely N-dealkylation sites (tertiary alicyclic amines) is 1. The number of hydrogen-bond donors (Lipinski definition) is 2. The van der Waals surface area contributed by atoms with Crippen LogP contribution < -0.4 is 5.32 Å². The van der Waals surface area contributed by atoms with E-state index in [0.29, 0.717) is 6.42 Å². The number of amides is 2. The van der Waals surface area contributed by atoms with Gasteiger partial charge in [-0.2, -0.15) is 0 Å². The highest BCUT2D eigenvalue weighted by Crippen LogP contribution is 2.20. The van der Waals surface area contributed by atoms with Crippen LogP contribution in [0.1, 0.15) is 47.5 Å². The maximum absolute atomic E-state index is 12.0. The Kier molecular flexibility index (Phi) is 5.79. The number of aliphatic carboxylic acids is 1. The second-order valence-electron chi connectivity index (χ2n) is 7.08. The van der Waals surface area contributed by atoms with Crippen molar-refractivity contribution in [3.8, 4) is 0 Å². The fourth-order valence-electron chi connectivity index (χ4n) is 2.41. The van der Waals surface area contributed by atoms with Gasteiger partial charge in [-0.15, -0.1) is 0 Å². The molecule has 22 heavy (non-hydrogen) atoms. The number of carboxylic acids is 1. The van der Waals surface area contributed by atoms with E-state index in [0.717, 1.165) is 0 Å². The van der Waals surface area contributed by atoms with E-state index in [1.54, 1.807) is 20.8 Å². The SMILES string of the molecule is CC(C)CC(C(=O)O)N1CC(NC(=O)OC(C)(C)C)CC1=O. The van der Waals surface area contributed by atoms with Crippen LogP contribution in [0.2, 0.25) is 0 Å². The number of ether oxygens (including phenoxy) is 1. The molecule has 1 aliphatic rings. The molecule has 1 fully saturated rings. The molecule has 1 aliphatic heterocycles. The number of hydrogen-bond acceptors (Lipinski definition) is 4. The van der Waals surface area contributed by atoms with E-state index in [2.05, 4.69) is 5.32 Å². The van der Waals surface area contributed by atoms with Crippen molar-refractivity contribution in [1.82, 2.24) is 10.2 Å². The van der Waals surface area contributed by atoms with Gasteiger partial charge in [-0.3, -0.25) is 4.79 Å². The minimum Gasteiger partial charge on any atom is -0.480 e. The Morgan fingerprint density at radius 3 is 2.45 bits per heavy atom. The van der Waals surface area contributed by atoms with E-state index in [4.69, 9.17) is 4.74 Å². The molecule has 7 nitrogen and oxygen atoms in total. The lowest BCUT2D eigenvalue weighted by molar-refractivity contribution is -0.149. The van der Waals surface area contributed by atoms with Crippen LogP contribution in [0.3, 0.4) is 0 Å². The monoisotopic (exact) mass is 314 g/mol. The van der Waals surface area contributed by atoms with E-state index in [-0.39, 0.29) is 24.8 Å².